The highest BCUT2D eigenvalue weighted by atomic mass is 32.1. The second-order valence-electron chi connectivity index (χ2n) is 3.39. The first-order chi connectivity index (χ1) is 6.72. The maximum absolute atomic E-state index is 11.1. The van der Waals surface area contributed by atoms with E-state index in [9.17, 15) is 4.79 Å². The third-order valence-corrected chi connectivity index (χ3v) is 3.27. The first kappa shape index (κ1) is 9.61. The van der Waals surface area contributed by atoms with Crippen molar-refractivity contribution in [2.75, 3.05) is 7.11 Å². The Morgan fingerprint density at radius 1 is 1.79 bits per heavy atom. The molecule has 1 saturated carbocycles. The number of ether oxygens (including phenoxy) is 1. The summed E-state index contributed by atoms with van der Waals surface area (Å²) in [6, 6.07) is -0.733. The summed E-state index contributed by atoms with van der Waals surface area (Å²) in [5.41, 5.74) is 6.28. The van der Waals surface area contributed by atoms with Crippen molar-refractivity contribution in [1.82, 2.24) is 4.98 Å². The van der Waals surface area contributed by atoms with Crippen molar-refractivity contribution in [2.45, 2.75) is 24.8 Å². The van der Waals surface area contributed by atoms with Gasteiger partial charge < -0.3 is 10.5 Å². The number of carbonyl (C=O) groups excluding carboxylic acids is 1. The predicted molar refractivity (Wildman–Crippen MR) is 53.0 cm³/mol. The van der Waals surface area contributed by atoms with E-state index in [-0.39, 0.29) is 0 Å². The smallest absolute Gasteiger partial charge is 0.328 e. The van der Waals surface area contributed by atoms with Crippen molar-refractivity contribution >= 4 is 17.3 Å². The molecule has 0 aliphatic heterocycles. The van der Waals surface area contributed by atoms with Gasteiger partial charge in [-0.3, -0.25) is 0 Å². The van der Waals surface area contributed by atoms with Crippen molar-refractivity contribution in [3.8, 4) is 0 Å². The highest BCUT2D eigenvalue weighted by Gasteiger charge is 2.28. The topological polar surface area (TPSA) is 65.2 Å². The van der Waals surface area contributed by atoms with Crippen molar-refractivity contribution in [3.05, 3.63) is 16.1 Å². The van der Waals surface area contributed by atoms with Gasteiger partial charge in [0.2, 0.25) is 0 Å². The van der Waals surface area contributed by atoms with E-state index in [1.54, 1.807) is 11.3 Å². The number of nitrogens with zero attached hydrogens (tertiary/aromatic N) is 1. The van der Waals surface area contributed by atoms with Crippen LogP contribution in [0.4, 0.5) is 0 Å². The van der Waals surface area contributed by atoms with Gasteiger partial charge in [-0.2, -0.15) is 0 Å². The summed E-state index contributed by atoms with van der Waals surface area (Å²) >= 11 is 1.58. The van der Waals surface area contributed by atoms with Gasteiger partial charge in [0.25, 0.3) is 0 Å². The van der Waals surface area contributed by atoms with Crippen LogP contribution in [0.25, 0.3) is 0 Å². The maximum atomic E-state index is 11.1. The molecule has 0 bridgehead atoms. The lowest BCUT2D eigenvalue weighted by molar-refractivity contribution is -0.142. The summed E-state index contributed by atoms with van der Waals surface area (Å²) in [4.78, 5) is 15.5. The lowest BCUT2D eigenvalue weighted by Crippen LogP contribution is -2.22. The molecule has 2 N–H and O–H groups in total. The maximum Gasteiger partial charge on any atom is 0.328 e. The fraction of sp³-hybridized carbons (Fsp3) is 0.556. The van der Waals surface area contributed by atoms with Crippen LogP contribution in [0.2, 0.25) is 0 Å². The molecule has 1 heterocycles. The minimum absolute atomic E-state index is 0.433. The molecule has 1 aliphatic rings. The minimum atomic E-state index is -0.733. The third-order valence-electron chi connectivity index (χ3n) is 2.24. The van der Waals surface area contributed by atoms with Crippen molar-refractivity contribution in [3.63, 3.8) is 0 Å². The van der Waals surface area contributed by atoms with Crippen LogP contribution in [-0.2, 0) is 9.53 Å². The summed E-state index contributed by atoms with van der Waals surface area (Å²) in [5.74, 6) is 0.177. The summed E-state index contributed by atoms with van der Waals surface area (Å²) in [7, 11) is 1.33. The molecule has 0 radical (unpaired) electrons. The van der Waals surface area contributed by atoms with Crippen LogP contribution in [0.5, 0.6) is 0 Å². The van der Waals surface area contributed by atoms with Gasteiger partial charge in [-0.1, -0.05) is 0 Å². The van der Waals surface area contributed by atoms with Crippen LogP contribution in [0.3, 0.4) is 0 Å². The quantitative estimate of drug-likeness (QED) is 0.764. The second-order valence-corrected chi connectivity index (χ2v) is 4.28. The van der Waals surface area contributed by atoms with E-state index in [2.05, 4.69) is 9.72 Å². The highest BCUT2D eigenvalue weighted by Crippen LogP contribution is 2.41. The Morgan fingerprint density at radius 2 is 2.50 bits per heavy atom. The Hall–Kier alpha value is -0.940. The number of hydrogen-bond acceptors (Lipinski definition) is 5. The fourth-order valence-corrected chi connectivity index (χ4v) is 2.24. The van der Waals surface area contributed by atoms with Crippen molar-refractivity contribution < 1.29 is 9.53 Å². The molecule has 2 rings (SSSR count). The fourth-order valence-electron chi connectivity index (χ4n) is 1.21. The van der Waals surface area contributed by atoms with Crippen molar-refractivity contribution in [2.24, 2.45) is 5.73 Å². The van der Waals surface area contributed by atoms with Crippen LogP contribution < -0.4 is 5.73 Å². The number of hydrogen-bond donors (Lipinski definition) is 1. The second kappa shape index (κ2) is 3.67. The van der Waals surface area contributed by atoms with E-state index >= 15 is 0 Å². The number of rotatable bonds is 3. The molecule has 1 unspecified atom stereocenters. The molecule has 1 aromatic rings. The zero-order chi connectivity index (χ0) is 10.1. The first-order valence-corrected chi connectivity index (χ1v) is 5.39. The van der Waals surface area contributed by atoms with Gasteiger partial charge in [-0.25, -0.2) is 9.78 Å². The van der Waals surface area contributed by atoms with E-state index < -0.39 is 12.0 Å². The van der Waals surface area contributed by atoms with E-state index in [0.717, 1.165) is 5.01 Å². The molecule has 1 fully saturated rings. The average Bonchev–Trinajstić information content (AvgIpc) is 2.94. The van der Waals surface area contributed by atoms with Gasteiger partial charge >= 0.3 is 5.97 Å². The summed E-state index contributed by atoms with van der Waals surface area (Å²) in [5, 5.41) is 2.94. The number of nitrogens with two attached hydrogens (primary N) is 1. The van der Waals surface area contributed by atoms with Crippen LogP contribution >= 0.6 is 11.3 Å². The normalized spacial score (nSPS) is 17.9. The SMILES string of the molecule is COC(=O)C(N)c1csc(C2CC2)n1. The molecule has 1 aliphatic carbocycles. The number of esters is 1. The number of carbonyl (C=O) groups is 1. The van der Waals surface area contributed by atoms with Gasteiger partial charge in [0.15, 0.2) is 0 Å². The molecule has 1 atom stereocenters. The van der Waals surface area contributed by atoms with Gasteiger partial charge in [-0.15, -0.1) is 11.3 Å². The monoisotopic (exact) mass is 212 g/mol. The standard InChI is InChI=1S/C9H12N2O2S/c1-13-9(12)7(10)6-4-14-8(11-6)5-2-3-5/h4-5,7H,2-3,10H2,1H3. The Balaban J connectivity index is 2.11. The zero-order valence-electron chi connectivity index (χ0n) is 7.90. The minimum Gasteiger partial charge on any atom is -0.468 e. The highest BCUT2D eigenvalue weighted by molar-refractivity contribution is 7.09. The molecular weight excluding hydrogens is 200 g/mol. The molecule has 4 nitrogen and oxygen atoms in total. The third kappa shape index (κ3) is 1.78. The van der Waals surface area contributed by atoms with E-state index in [0.29, 0.717) is 11.6 Å². The summed E-state index contributed by atoms with van der Waals surface area (Å²) < 4.78 is 4.55. The Labute approximate surface area is 86.1 Å². The molecule has 0 saturated heterocycles. The molecule has 0 aromatic carbocycles. The molecule has 76 valence electrons. The average molecular weight is 212 g/mol. The van der Waals surface area contributed by atoms with Gasteiger partial charge in [0.05, 0.1) is 17.8 Å². The Bertz CT molecular complexity index is 346. The van der Waals surface area contributed by atoms with Gasteiger partial charge in [-0.05, 0) is 12.8 Å². The lowest BCUT2D eigenvalue weighted by Gasteiger charge is -2.04. The first-order valence-electron chi connectivity index (χ1n) is 4.51. The zero-order valence-corrected chi connectivity index (χ0v) is 8.71. The lowest BCUT2D eigenvalue weighted by atomic mass is 10.2. The molecule has 14 heavy (non-hydrogen) atoms. The molecule has 1 aromatic heterocycles. The summed E-state index contributed by atoms with van der Waals surface area (Å²) in [6.45, 7) is 0. The van der Waals surface area contributed by atoms with Crippen LogP contribution in [0, 0.1) is 0 Å². The number of methoxy groups -OCH3 is 1. The van der Waals surface area contributed by atoms with Gasteiger partial charge in [0, 0.05) is 11.3 Å². The van der Waals surface area contributed by atoms with Crippen LogP contribution in [0.15, 0.2) is 5.38 Å². The van der Waals surface area contributed by atoms with Gasteiger partial charge in [0.1, 0.15) is 6.04 Å². The molecule has 5 heteroatoms. The number of thiazole rings is 1. The van der Waals surface area contributed by atoms with E-state index in [1.807, 2.05) is 5.38 Å². The molecule has 0 spiro atoms. The van der Waals surface area contributed by atoms with Crippen molar-refractivity contribution in [1.29, 1.82) is 0 Å². The van der Waals surface area contributed by atoms with E-state index in [1.165, 1.54) is 20.0 Å². The Morgan fingerprint density at radius 3 is 3.07 bits per heavy atom. The van der Waals surface area contributed by atoms with Crippen LogP contribution in [0.1, 0.15) is 35.5 Å². The number of aromatic nitrogens is 1. The molecular formula is C9H12N2O2S. The van der Waals surface area contributed by atoms with Crippen LogP contribution in [-0.4, -0.2) is 18.1 Å². The predicted octanol–water partition coefficient (Wildman–Crippen LogP) is 1.19. The Kier molecular flexibility index (Phi) is 2.52. The molecule has 0 amide bonds. The largest absolute Gasteiger partial charge is 0.468 e. The van der Waals surface area contributed by atoms with E-state index in [4.69, 9.17) is 5.73 Å². The summed E-state index contributed by atoms with van der Waals surface area (Å²) in [6.07, 6.45) is 2.42.